The van der Waals surface area contributed by atoms with Gasteiger partial charge in [0.05, 0.1) is 0 Å². The Balaban J connectivity index is 0. The smallest absolute Gasteiger partial charge is 0.185 e. The van der Waals surface area contributed by atoms with E-state index in [9.17, 15) is 0 Å². The molecule has 7 nitrogen and oxygen atoms in total. The first-order chi connectivity index (χ1) is 14.4. The van der Waals surface area contributed by atoms with Crippen molar-refractivity contribution in [1.82, 2.24) is 10.6 Å². The van der Waals surface area contributed by atoms with E-state index in [0.717, 1.165) is 44.6 Å². The molecule has 178 valence electrons. The van der Waals surface area contributed by atoms with Crippen LogP contribution in [0, 0.1) is 5.41 Å². The lowest BCUT2D eigenvalue weighted by Crippen LogP contribution is -2.30. The molecule has 0 aliphatic carbocycles. The molecule has 0 fully saturated rings. The second-order valence-electron chi connectivity index (χ2n) is 7.04. The maximum Gasteiger partial charge on any atom is 0.185 e. The topological polar surface area (TPSA) is 138 Å². The summed E-state index contributed by atoms with van der Waals surface area (Å²) in [7, 11) is 0. The van der Waals surface area contributed by atoms with Crippen molar-refractivity contribution in [2.45, 2.75) is 77.0 Å². The molecule has 0 radical (unpaired) electrons. The Kier molecular flexibility index (Phi) is 27.3. The molecule has 0 aliphatic rings. The summed E-state index contributed by atoms with van der Waals surface area (Å²) in [5.74, 6) is 0.280. The number of nitrogens with two attached hydrogens (primary N) is 3. The predicted octanol–water partition coefficient (Wildman–Crippen LogP) is 4.52. The third-order valence-electron chi connectivity index (χ3n) is 4.23. The molecule has 9 N–H and O–H groups in total. The van der Waals surface area contributed by atoms with Crippen LogP contribution < -0.4 is 27.8 Å². The number of guanidine groups is 2. The predicted molar refractivity (Wildman–Crippen MR) is 135 cm³/mol. The largest absolute Gasteiger partial charge is 0.370 e. The highest BCUT2D eigenvalue weighted by Gasteiger charge is 1.94. The number of halogens is 3. The Hall–Kier alpha value is -0.890. The molecule has 0 aromatic rings. The van der Waals surface area contributed by atoms with Crippen LogP contribution in [0.15, 0.2) is 15.0 Å². The van der Waals surface area contributed by atoms with Gasteiger partial charge in [0.1, 0.15) is 4.49 Å². The van der Waals surface area contributed by atoms with Gasteiger partial charge in [-0.1, -0.05) is 86.2 Å². The minimum absolute atomic E-state index is 0.0777. The van der Waals surface area contributed by atoms with Crippen LogP contribution in [0.5, 0.6) is 0 Å². The van der Waals surface area contributed by atoms with E-state index < -0.39 is 0 Å². The first-order valence-electron chi connectivity index (χ1n) is 10.9. The number of aliphatic imine (C=N–C) groups is 1. The third kappa shape index (κ3) is 34.6. The van der Waals surface area contributed by atoms with Crippen molar-refractivity contribution in [3.8, 4) is 0 Å². The minimum atomic E-state index is 0.0777. The van der Waals surface area contributed by atoms with Crippen molar-refractivity contribution >= 4 is 46.7 Å². The van der Waals surface area contributed by atoms with Gasteiger partial charge in [0, 0.05) is 18.6 Å². The van der Waals surface area contributed by atoms with Crippen LogP contribution in [-0.4, -0.2) is 38.1 Å². The number of hydrogen-bond acceptors (Lipinski definition) is 3. The Labute approximate surface area is 198 Å². The fourth-order valence-electron chi connectivity index (χ4n) is 2.71. The molecule has 0 aromatic heterocycles. The standard InChI is InChI=1S/C18H41N7.C2HCl3/c19-17(20)24-15-11-7-3-1-5-9-13-23-14-10-6-2-4-8-12-16-25-18(21)22;3-1-2(4)5/h23H,1-16H2,(H4,19,20,24)(H4,21,22,25);1H. The van der Waals surface area contributed by atoms with E-state index in [1.54, 1.807) is 0 Å². The molecular formula is C20H42Cl3N7. The lowest BCUT2D eigenvalue weighted by molar-refractivity contribution is 0.539. The summed E-state index contributed by atoms with van der Waals surface area (Å²) in [4.78, 5) is 3.99. The quantitative estimate of drug-likeness (QED) is 0.0960. The van der Waals surface area contributed by atoms with E-state index >= 15 is 0 Å². The molecule has 0 bridgehead atoms. The number of rotatable bonds is 18. The van der Waals surface area contributed by atoms with Crippen molar-refractivity contribution in [1.29, 1.82) is 5.41 Å². The second kappa shape index (κ2) is 26.1. The normalized spacial score (nSPS) is 9.97. The van der Waals surface area contributed by atoms with Gasteiger partial charge >= 0.3 is 0 Å². The van der Waals surface area contributed by atoms with E-state index in [4.69, 9.17) is 57.4 Å². The highest BCUT2D eigenvalue weighted by molar-refractivity contribution is 6.58. The van der Waals surface area contributed by atoms with Gasteiger partial charge in [0.15, 0.2) is 11.9 Å². The summed E-state index contributed by atoms with van der Waals surface area (Å²) in [5.41, 5.74) is 16.9. The zero-order valence-electron chi connectivity index (χ0n) is 18.2. The molecule has 0 aromatic carbocycles. The lowest BCUT2D eigenvalue weighted by atomic mass is 10.1. The van der Waals surface area contributed by atoms with Crippen LogP contribution in [0.2, 0.25) is 0 Å². The first-order valence-corrected chi connectivity index (χ1v) is 12.0. The molecule has 0 spiro atoms. The summed E-state index contributed by atoms with van der Waals surface area (Å²) in [5, 5.41) is 13.4. The summed E-state index contributed by atoms with van der Waals surface area (Å²) in [6.07, 6.45) is 15.0. The fourth-order valence-corrected chi connectivity index (χ4v) is 2.71. The van der Waals surface area contributed by atoms with Gasteiger partial charge in [-0.2, -0.15) is 0 Å². The summed E-state index contributed by atoms with van der Waals surface area (Å²) < 4.78 is 0.0895. The average Bonchev–Trinajstić information content (AvgIpc) is 2.69. The van der Waals surface area contributed by atoms with Crippen molar-refractivity contribution in [3.05, 3.63) is 10.0 Å². The van der Waals surface area contributed by atoms with E-state index in [1.807, 2.05) is 0 Å². The summed E-state index contributed by atoms with van der Waals surface area (Å²) in [6.45, 7) is 3.88. The molecule has 0 unspecified atom stereocenters. The Morgan fingerprint density at radius 2 is 1.13 bits per heavy atom. The van der Waals surface area contributed by atoms with Crippen LogP contribution in [-0.2, 0) is 0 Å². The Morgan fingerprint density at radius 1 is 0.733 bits per heavy atom. The highest BCUT2D eigenvalue weighted by Crippen LogP contribution is 2.07. The molecule has 0 rings (SSSR count). The van der Waals surface area contributed by atoms with Crippen LogP contribution in [0.4, 0.5) is 0 Å². The van der Waals surface area contributed by atoms with Crippen LogP contribution in [0.25, 0.3) is 0 Å². The van der Waals surface area contributed by atoms with Gasteiger partial charge in [-0.3, -0.25) is 10.4 Å². The number of unbranched alkanes of at least 4 members (excludes halogenated alkanes) is 10. The second-order valence-corrected chi connectivity index (χ2v) is 8.26. The first kappa shape index (κ1) is 31.3. The molecule has 0 saturated heterocycles. The number of nitrogens with one attached hydrogen (secondary N) is 3. The highest BCUT2D eigenvalue weighted by atomic mass is 35.5. The molecule has 0 amide bonds. The van der Waals surface area contributed by atoms with Gasteiger partial charge in [0.25, 0.3) is 0 Å². The summed E-state index contributed by atoms with van der Waals surface area (Å²) >= 11 is 14.8. The third-order valence-corrected chi connectivity index (χ3v) is 4.89. The monoisotopic (exact) mass is 485 g/mol. The van der Waals surface area contributed by atoms with E-state index in [-0.39, 0.29) is 16.4 Å². The average molecular weight is 487 g/mol. The molecule has 0 heterocycles. The van der Waals surface area contributed by atoms with Gasteiger partial charge in [0.2, 0.25) is 0 Å². The maximum atomic E-state index is 7.05. The van der Waals surface area contributed by atoms with E-state index in [0.29, 0.717) is 0 Å². The zero-order valence-corrected chi connectivity index (χ0v) is 20.5. The van der Waals surface area contributed by atoms with E-state index in [1.165, 1.54) is 64.2 Å². The van der Waals surface area contributed by atoms with Gasteiger partial charge in [-0.15, -0.1) is 0 Å². The van der Waals surface area contributed by atoms with Crippen molar-refractivity contribution in [2.24, 2.45) is 22.2 Å². The van der Waals surface area contributed by atoms with Crippen molar-refractivity contribution in [2.75, 3.05) is 26.2 Å². The Bertz CT molecular complexity index is 438. The van der Waals surface area contributed by atoms with Crippen molar-refractivity contribution < 1.29 is 0 Å². The summed E-state index contributed by atoms with van der Waals surface area (Å²) in [6, 6.07) is 0. The number of hydrogen-bond donors (Lipinski definition) is 6. The molecular weight excluding hydrogens is 445 g/mol. The minimum Gasteiger partial charge on any atom is -0.370 e. The SMILES string of the molecule is ClC=C(Cl)Cl.N=C(N)NCCCCCCCCNCCCCCCCCN=C(N)N. The van der Waals surface area contributed by atoms with Crippen molar-refractivity contribution in [3.63, 3.8) is 0 Å². The molecule has 0 atom stereocenters. The molecule has 0 aliphatic heterocycles. The maximum absolute atomic E-state index is 7.05. The molecule has 30 heavy (non-hydrogen) atoms. The zero-order chi connectivity index (χ0) is 22.9. The van der Waals surface area contributed by atoms with Crippen LogP contribution >= 0.6 is 34.8 Å². The number of nitrogens with zero attached hydrogens (tertiary/aromatic N) is 1. The van der Waals surface area contributed by atoms with Gasteiger partial charge < -0.3 is 27.8 Å². The Morgan fingerprint density at radius 3 is 1.53 bits per heavy atom. The lowest BCUT2D eigenvalue weighted by Gasteiger charge is -2.06. The van der Waals surface area contributed by atoms with Gasteiger partial charge in [-0.05, 0) is 38.8 Å². The molecule has 0 saturated carbocycles. The fraction of sp³-hybridized carbons (Fsp3) is 0.800. The van der Waals surface area contributed by atoms with Crippen LogP contribution in [0.3, 0.4) is 0 Å². The van der Waals surface area contributed by atoms with E-state index in [2.05, 4.69) is 15.6 Å². The molecule has 10 heteroatoms. The van der Waals surface area contributed by atoms with Crippen LogP contribution in [0.1, 0.15) is 77.0 Å². The van der Waals surface area contributed by atoms with Gasteiger partial charge in [-0.25, -0.2) is 0 Å².